The molecule has 0 radical (unpaired) electrons. The van der Waals surface area contributed by atoms with Crippen molar-refractivity contribution in [2.75, 3.05) is 19.7 Å². The molecule has 0 unspecified atom stereocenters. The number of benzene rings is 2. The maximum Gasteiger partial charge on any atom is 0.340 e. The van der Waals surface area contributed by atoms with E-state index in [4.69, 9.17) is 4.74 Å². The normalized spacial score (nSPS) is 14.7. The third-order valence-corrected chi connectivity index (χ3v) is 8.15. The summed E-state index contributed by atoms with van der Waals surface area (Å²) in [6.07, 6.45) is 3.53. The quantitative estimate of drug-likeness (QED) is 0.215. The van der Waals surface area contributed by atoms with Crippen molar-refractivity contribution < 1.29 is 14.6 Å². The maximum atomic E-state index is 13.3. The number of aromatic nitrogens is 3. The van der Waals surface area contributed by atoms with Gasteiger partial charge in [0.25, 0.3) is 0 Å². The number of halogens is 1. The highest BCUT2D eigenvalue weighted by Gasteiger charge is 2.28. The van der Waals surface area contributed by atoms with Gasteiger partial charge in [0, 0.05) is 36.0 Å². The molecule has 184 valence electrons. The summed E-state index contributed by atoms with van der Waals surface area (Å²) in [5, 5.41) is 12.7. The van der Waals surface area contributed by atoms with Crippen molar-refractivity contribution in [2.24, 2.45) is 7.05 Å². The summed E-state index contributed by atoms with van der Waals surface area (Å²) in [4.78, 5) is 23.7. The molecule has 0 spiro atoms. The number of hydrogen-bond donors (Lipinski definition) is 2. The van der Waals surface area contributed by atoms with Crippen LogP contribution in [0, 0.1) is 0 Å². The predicted octanol–water partition coefficient (Wildman–Crippen LogP) is 5.98. The molecule has 2 aromatic carbocycles. The number of piperidine rings is 1. The van der Waals surface area contributed by atoms with Crippen LogP contribution in [0.4, 0.5) is 0 Å². The van der Waals surface area contributed by atoms with Crippen LogP contribution < -0.4 is 0 Å². The van der Waals surface area contributed by atoms with Crippen LogP contribution in [0.3, 0.4) is 0 Å². The average Bonchev–Trinajstić information content (AvgIpc) is 3.40. The Balaban J connectivity index is 1.60. The number of aromatic hydroxyl groups is 1. The van der Waals surface area contributed by atoms with Gasteiger partial charge in [0.15, 0.2) is 5.16 Å². The Morgan fingerprint density at radius 3 is 2.77 bits per heavy atom. The van der Waals surface area contributed by atoms with Gasteiger partial charge in [-0.1, -0.05) is 30.3 Å². The number of para-hydroxylation sites is 2. The summed E-state index contributed by atoms with van der Waals surface area (Å²) in [6.45, 7) is 4.67. The first-order chi connectivity index (χ1) is 17.0. The number of phenolic OH excluding ortho intramolecular Hbond substituents is 1. The van der Waals surface area contributed by atoms with Crippen molar-refractivity contribution in [1.82, 2.24) is 19.4 Å². The van der Waals surface area contributed by atoms with Crippen LogP contribution in [0.2, 0.25) is 0 Å². The van der Waals surface area contributed by atoms with Crippen LogP contribution in [-0.2, 0) is 24.1 Å². The lowest BCUT2D eigenvalue weighted by molar-refractivity contribution is 0.0527. The first-order valence-electron chi connectivity index (χ1n) is 12.0. The predicted molar refractivity (Wildman–Crippen MR) is 143 cm³/mol. The zero-order chi connectivity index (χ0) is 24.5. The van der Waals surface area contributed by atoms with E-state index < -0.39 is 0 Å². The second kappa shape index (κ2) is 10.2. The second-order valence-electron chi connectivity index (χ2n) is 8.87. The Hall–Kier alpha value is -2.49. The van der Waals surface area contributed by atoms with Gasteiger partial charge < -0.3 is 19.4 Å². The van der Waals surface area contributed by atoms with Crippen LogP contribution in [0.25, 0.3) is 21.9 Å². The zero-order valence-electron chi connectivity index (χ0n) is 19.9. The van der Waals surface area contributed by atoms with Crippen molar-refractivity contribution in [2.45, 2.75) is 43.6 Å². The van der Waals surface area contributed by atoms with E-state index in [9.17, 15) is 9.90 Å². The molecule has 0 saturated carbocycles. The summed E-state index contributed by atoms with van der Waals surface area (Å²) >= 11 is 5.09. The van der Waals surface area contributed by atoms with E-state index in [0.29, 0.717) is 22.3 Å². The lowest BCUT2D eigenvalue weighted by atomic mass is 10.0. The number of thioether (sulfide) groups is 1. The highest BCUT2D eigenvalue weighted by Crippen LogP contribution is 2.41. The van der Waals surface area contributed by atoms with Crippen LogP contribution in [0.1, 0.15) is 47.8 Å². The van der Waals surface area contributed by atoms with Crippen LogP contribution >= 0.6 is 27.7 Å². The second-order valence-corrected chi connectivity index (χ2v) is 10.7. The molecule has 1 aliphatic heterocycles. The van der Waals surface area contributed by atoms with E-state index in [2.05, 4.69) is 30.8 Å². The van der Waals surface area contributed by atoms with Crippen molar-refractivity contribution in [3.63, 3.8) is 0 Å². The Bertz CT molecular complexity index is 1360. The molecule has 4 aromatic rings. The zero-order valence-corrected chi connectivity index (χ0v) is 22.3. The number of aromatic amines is 1. The Labute approximate surface area is 217 Å². The number of hydrogen-bond acceptors (Lipinski definition) is 6. The van der Waals surface area contributed by atoms with Crippen LogP contribution in [0.15, 0.2) is 40.0 Å². The third kappa shape index (κ3) is 4.69. The molecular weight excluding hydrogens is 528 g/mol. The number of H-pyrrole nitrogens is 1. The molecule has 0 atom stereocenters. The van der Waals surface area contributed by atoms with E-state index in [1.165, 1.54) is 6.42 Å². The van der Waals surface area contributed by atoms with Gasteiger partial charge in [0.05, 0.1) is 33.2 Å². The average molecular weight is 558 g/mol. The van der Waals surface area contributed by atoms with E-state index in [1.54, 1.807) is 11.8 Å². The Kier molecular flexibility index (Phi) is 7.09. The van der Waals surface area contributed by atoms with Crippen molar-refractivity contribution in [3.8, 4) is 5.75 Å². The smallest absolute Gasteiger partial charge is 0.340 e. The summed E-state index contributed by atoms with van der Waals surface area (Å²) in [5.41, 5.74) is 4.94. The molecular formula is C26H29BrN4O3S. The number of fused-ring (bicyclic) bond motifs is 2. The van der Waals surface area contributed by atoms with Crippen molar-refractivity contribution in [1.29, 1.82) is 0 Å². The summed E-state index contributed by atoms with van der Waals surface area (Å²) in [7, 11) is 1.97. The molecule has 1 fully saturated rings. The number of esters is 1. The fourth-order valence-electron chi connectivity index (χ4n) is 4.90. The van der Waals surface area contributed by atoms with Gasteiger partial charge in [0.2, 0.25) is 0 Å². The van der Waals surface area contributed by atoms with Gasteiger partial charge in [-0.3, -0.25) is 4.90 Å². The number of aryl methyl sites for hydroxylation is 1. The van der Waals surface area contributed by atoms with E-state index >= 15 is 0 Å². The minimum absolute atomic E-state index is 0.190. The largest absolute Gasteiger partial charge is 0.506 e. The summed E-state index contributed by atoms with van der Waals surface area (Å²) < 4.78 is 8.19. The molecule has 7 nitrogen and oxygen atoms in total. The topological polar surface area (TPSA) is 83.4 Å². The number of nitrogens with one attached hydrogen (secondary N) is 1. The Morgan fingerprint density at radius 1 is 1.26 bits per heavy atom. The number of rotatable bonds is 7. The first-order valence-corrected chi connectivity index (χ1v) is 13.7. The molecule has 35 heavy (non-hydrogen) atoms. The summed E-state index contributed by atoms with van der Waals surface area (Å²) in [6, 6.07) is 9.81. The van der Waals surface area contributed by atoms with Gasteiger partial charge >= 0.3 is 5.97 Å². The number of carbonyl (C=O) groups is 1. The number of likely N-dealkylation sites (tertiary alicyclic amines) is 1. The van der Waals surface area contributed by atoms with E-state index in [0.717, 1.165) is 64.3 Å². The van der Waals surface area contributed by atoms with Crippen LogP contribution in [-0.4, -0.2) is 50.2 Å². The number of nitrogens with zero attached hydrogens (tertiary/aromatic N) is 3. The number of phenols is 1. The standard InChI is InChI=1S/C26H29BrN4O3S/c1-3-34-25(33)23-21(15-35-26-28-18-9-5-6-10-19(18)29-26)30(2)20-13-17(27)24(32)16(22(20)23)14-31-11-7-4-8-12-31/h5-6,9-10,13,32H,3-4,7-8,11-12,14-15H2,1-2H3,(H,28,29). The van der Waals surface area contributed by atoms with Gasteiger partial charge in [-0.05, 0) is 67.0 Å². The lowest BCUT2D eigenvalue weighted by Crippen LogP contribution is -2.29. The van der Waals surface area contributed by atoms with Crippen molar-refractivity contribution >= 4 is 55.6 Å². The van der Waals surface area contributed by atoms with Gasteiger partial charge in [-0.2, -0.15) is 0 Å². The number of carbonyl (C=O) groups excluding carboxylic acids is 1. The fraction of sp³-hybridized carbons (Fsp3) is 0.385. The van der Waals surface area contributed by atoms with Gasteiger partial charge in [0.1, 0.15) is 5.75 Å². The van der Waals surface area contributed by atoms with Gasteiger partial charge in [-0.15, -0.1) is 0 Å². The highest BCUT2D eigenvalue weighted by molar-refractivity contribution is 9.10. The van der Waals surface area contributed by atoms with Crippen molar-refractivity contribution in [3.05, 3.63) is 51.6 Å². The minimum atomic E-state index is -0.361. The van der Waals surface area contributed by atoms with E-state index in [-0.39, 0.29) is 18.3 Å². The third-order valence-electron chi connectivity index (χ3n) is 6.66. The van der Waals surface area contributed by atoms with Crippen LogP contribution in [0.5, 0.6) is 5.75 Å². The monoisotopic (exact) mass is 556 g/mol. The maximum absolute atomic E-state index is 13.3. The Morgan fingerprint density at radius 2 is 2.03 bits per heavy atom. The molecule has 0 amide bonds. The fourth-order valence-corrected chi connectivity index (χ4v) is 6.31. The number of ether oxygens (including phenoxy) is 1. The molecule has 0 bridgehead atoms. The number of imidazole rings is 1. The first kappa shape index (κ1) is 24.2. The molecule has 5 rings (SSSR count). The molecule has 3 heterocycles. The molecule has 1 saturated heterocycles. The molecule has 2 aromatic heterocycles. The molecule has 9 heteroatoms. The lowest BCUT2D eigenvalue weighted by Gasteiger charge is -2.27. The highest BCUT2D eigenvalue weighted by atomic mass is 79.9. The molecule has 1 aliphatic rings. The molecule has 0 aliphatic carbocycles. The summed E-state index contributed by atoms with van der Waals surface area (Å²) in [5.74, 6) is 0.358. The molecule has 2 N–H and O–H groups in total. The van der Waals surface area contributed by atoms with Gasteiger partial charge in [-0.25, -0.2) is 9.78 Å². The SMILES string of the molecule is CCOC(=O)c1c(CSc2nc3ccccc3[nH]2)n(C)c2cc(Br)c(O)c(CN3CCCCC3)c12. The minimum Gasteiger partial charge on any atom is -0.506 e. The van der Waals surface area contributed by atoms with E-state index in [1.807, 2.05) is 48.9 Å².